The summed E-state index contributed by atoms with van der Waals surface area (Å²) in [5.74, 6) is -2.28. The van der Waals surface area contributed by atoms with Crippen LogP contribution in [0.15, 0.2) is 30.3 Å². The molecule has 0 aromatic heterocycles. The Labute approximate surface area is 182 Å². The van der Waals surface area contributed by atoms with Crippen LogP contribution in [-0.4, -0.2) is 53.2 Å². The standard InChI is InChI=1S/C22H33N3O6/c1-14(2)11-16(19(28)23-13-18(26)27)24-20(29)17(12-15-9-7-6-8-10-15)25-21(30)31-22(3,4)5/h6-10,14,16-17H,11-13H2,1-5H3,(H,23,28)(H,24,29)(H,25,30)(H,26,27)/t16-,17-/m0/s1. The van der Waals surface area contributed by atoms with Crippen molar-refractivity contribution >= 4 is 23.9 Å². The van der Waals surface area contributed by atoms with Gasteiger partial charge in [0, 0.05) is 6.42 Å². The van der Waals surface area contributed by atoms with Gasteiger partial charge in [-0.3, -0.25) is 14.4 Å². The number of amides is 3. The van der Waals surface area contributed by atoms with Crippen LogP contribution in [0.2, 0.25) is 0 Å². The van der Waals surface area contributed by atoms with Crippen molar-refractivity contribution in [2.75, 3.05) is 6.54 Å². The Morgan fingerprint density at radius 1 is 0.968 bits per heavy atom. The topological polar surface area (TPSA) is 134 Å². The number of alkyl carbamates (subject to hydrolysis) is 1. The van der Waals surface area contributed by atoms with E-state index in [-0.39, 0.29) is 12.3 Å². The molecule has 0 aliphatic heterocycles. The summed E-state index contributed by atoms with van der Waals surface area (Å²) in [5.41, 5.74) is 0.0730. The predicted molar refractivity (Wildman–Crippen MR) is 115 cm³/mol. The minimum absolute atomic E-state index is 0.0623. The lowest BCUT2D eigenvalue weighted by atomic mass is 10.0. The number of carboxylic acid groups (broad SMARTS) is 1. The molecule has 0 bridgehead atoms. The molecule has 9 nitrogen and oxygen atoms in total. The largest absolute Gasteiger partial charge is 0.480 e. The Morgan fingerprint density at radius 3 is 2.10 bits per heavy atom. The van der Waals surface area contributed by atoms with Crippen molar-refractivity contribution in [1.82, 2.24) is 16.0 Å². The Kier molecular flexibility index (Phi) is 9.98. The molecule has 1 aromatic carbocycles. The molecule has 0 saturated carbocycles. The predicted octanol–water partition coefficient (Wildman–Crippen LogP) is 1.85. The van der Waals surface area contributed by atoms with E-state index in [4.69, 9.17) is 9.84 Å². The minimum atomic E-state index is -1.18. The second-order valence-electron chi connectivity index (χ2n) is 8.69. The average Bonchev–Trinajstić information content (AvgIpc) is 2.63. The van der Waals surface area contributed by atoms with Crippen molar-refractivity contribution in [3.63, 3.8) is 0 Å². The zero-order valence-corrected chi connectivity index (χ0v) is 18.7. The third-order valence-corrected chi connectivity index (χ3v) is 4.04. The molecule has 0 aliphatic rings. The second kappa shape index (κ2) is 11.9. The van der Waals surface area contributed by atoms with Gasteiger partial charge in [0.05, 0.1) is 0 Å². The van der Waals surface area contributed by atoms with Gasteiger partial charge in [0.25, 0.3) is 0 Å². The maximum atomic E-state index is 13.0. The first-order chi connectivity index (χ1) is 14.4. The van der Waals surface area contributed by atoms with Crippen molar-refractivity contribution in [3.8, 4) is 0 Å². The molecule has 2 atom stereocenters. The van der Waals surface area contributed by atoms with Crippen molar-refractivity contribution < 1.29 is 29.0 Å². The van der Waals surface area contributed by atoms with Crippen LogP contribution in [0.3, 0.4) is 0 Å². The number of carbonyl (C=O) groups excluding carboxylic acids is 3. The molecule has 0 saturated heterocycles. The molecule has 172 valence electrons. The number of hydrogen-bond donors (Lipinski definition) is 4. The van der Waals surface area contributed by atoms with Gasteiger partial charge in [0.2, 0.25) is 11.8 Å². The molecule has 9 heteroatoms. The van der Waals surface area contributed by atoms with E-state index in [0.717, 1.165) is 5.56 Å². The normalized spacial score (nSPS) is 13.1. The van der Waals surface area contributed by atoms with Gasteiger partial charge < -0.3 is 25.8 Å². The minimum Gasteiger partial charge on any atom is -0.480 e. The van der Waals surface area contributed by atoms with Crippen molar-refractivity contribution in [2.45, 2.75) is 65.1 Å². The number of benzene rings is 1. The van der Waals surface area contributed by atoms with Crippen LogP contribution in [-0.2, 0) is 25.5 Å². The van der Waals surface area contributed by atoms with Crippen molar-refractivity contribution in [1.29, 1.82) is 0 Å². The lowest BCUT2D eigenvalue weighted by Crippen LogP contribution is -2.55. The van der Waals surface area contributed by atoms with Gasteiger partial charge in [-0.15, -0.1) is 0 Å². The number of hydrogen-bond acceptors (Lipinski definition) is 5. The third-order valence-electron chi connectivity index (χ3n) is 4.04. The van der Waals surface area contributed by atoms with Gasteiger partial charge in [-0.1, -0.05) is 44.2 Å². The highest BCUT2D eigenvalue weighted by Gasteiger charge is 2.29. The zero-order valence-electron chi connectivity index (χ0n) is 18.7. The maximum absolute atomic E-state index is 13.0. The fraction of sp³-hybridized carbons (Fsp3) is 0.545. The maximum Gasteiger partial charge on any atom is 0.408 e. The van der Waals surface area contributed by atoms with Gasteiger partial charge in [0.15, 0.2) is 0 Å². The number of aliphatic carboxylic acids is 1. The monoisotopic (exact) mass is 435 g/mol. The summed E-state index contributed by atoms with van der Waals surface area (Å²) >= 11 is 0. The van der Waals surface area contributed by atoms with E-state index in [1.54, 1.807) is 20.8 Å². The van der Waals surface area contributed by atoms with E-state index in [9.17, 15) is 19.2 Å². The van der Waals surface area contributed by atoms with Crippen LogP contribution in [0.5, 0.6) is 0 Å². The summed E-state index contributed by atoms with van der Waals surface area (Å²) in [7, 11) is 0. The van der Waals surface area contributed by atoms with E-state index in [1.165, 1.54) is 0 Å². The Balaban J connectivity index is 2.98. The first-order valence-corrected chi connectivity index (χ1v) is 10.2. The third kappa shape index (κ3) is 11.0. The molecule has 0 fully saturated rings. The lowest BCUT2D eigenvalue weighted by Gasteiger charge is -2.26. The van der Waals surface area contributed by atoms with Gasteiger partial charge in [-0.2, -0.15) is 0 Å². The summed E-state index contributed by atoms with van der Waals surface area (Å²) in [6.45, 7) is 8.35. The molecule has 1 aromatic rings. The summed E-state index contributed by atoms with van der Waals surface area (Å²) in [6, 6.07) is 7.19. The number of nitrogens with one attached hydrogen (secondary N) is 3. The smallest absolute Gasteiger partial charge is 0.408 e. The molecular weight excluding hydrogens is 402 g/mol. The fourth-order valence-corrected chi connectivity index (χ4v) is 2.77. The zero-order chi connectivity index (χ0) is 23.6. The number of ether oxygens (including phenoxy) is 1. The van der Waals surface area contributed by atoms with Crippen LogP contribution in [0.25, 0.3) is 0 Å². The van der Waals surface area contributed by atoms with Gasteiger partial charge >= 0.3 is 12.1 Å². The fourth-order valence-electron chi connectivity index (χ4n) is 2.77. The Bertz CT molecular complexity index is 758. The Hall–Kier alpha value is -3.10. The van der Waals surface area contributed by atoms with Crippen LogP contribution >= 0.6 is 0 Å². The molecular formula is C22H33N3O6. The molecule has 1 rings (SSSR count). The van der Waals surface area contributed by atoms with E-state index < -0.39 is 48.1 Å². The first kappa shape index (κ1) is 25.9. The highest BCUT2D eigenvalue weighted by Crippen LogP contribution is 2.10. The van der Waals surface area contributed by atoms with Crippen molar-refractivity contribution in [3.05, 3.63) is 35.9 Å². The number of carbonyl (C=O) groups is 4. The number of rotatable bonds is 10. The molecule has 0 heterocycles. The first-order valence-electron chi connectivity index (χ1n) is 10.2. The highest BCUT2D eigenvalue weighted by atomic mass is 16.6. The van der Waals surface area contributed by atoms with E-state index >= 15 is 0 Å². The second-order valence-corrected chi connectivity index (χ2v) is 8.69. The molecule has 0 aliphatic carbocycles. The van der Waals surface area contributed by atoms with E-state index in [2.05, 4.69) is 16.0 Å². The lowest BCUT2D eigenvalue weighted by molar-refractivity contribution is -0.138. The molecule has 0 radical (unpaired) electrons. The average molecular weight is 436 g/mol. The van der Waals surface area contributed by atoms with Crippen LogP contribution in [0, 0.1) is 5.92 Å². The highest BCUT2D eigenvalue weighted by molar-refractivity contribution is 5.92. The van der Waals surface area contributed by atoms with Crippen LogP contribution in [0.4, 0.5) is 4.79 Å². The summed E-state index contributed by atoms with van der Waals surface area (Å²) in [5, 5.41) is 16.3. The van der Waals surface area contributed by atoms with Gasteiger partial charge in [-0.05, 0) is 38.7 Å². The molecule has 31 heavy (non-hydrogen) atoms. The van der Waals surface area contributed by atoms with Gasteiger partial charge in [-0.25, -0.2) is 4.79 Å². The summed E-state index contributed by atoms with van der Waals surface area (Å²) in [4.78, 5) is 48.4. The van der Waals surface area contributed by atoms with E-state index in [1.807, 2.05) is 44.2 Å². The SMILES string of the molecule is CC(C)C[C@H](NC(=O)[C@H](Cc1ccccc1)NC(=O)OC(C)(C)C)C(=O)NCC(=O)O. The molecule has 3 amide bonds. The number of carboxylic acids is 1. The van der Waals surface area contributed by atoms with Crippen LogP contribution in [0.1, 0.15) is 46.6 Å². The summed E-state index contributed by atoms with van der Waals surface area (Å²) in [6.07, 6.45) is -0.252. The molecule has 0 unspecified atom stereocenters. The molecule has 0 spiro atoms. The van der Waals surface area contributed by atoms with E-state index in [0.29, 0.717) is 6.42 Å². The quantitative estimate of drug-likeness (QED) is 0.443. The van der Waals surface area contributed by atoms with Crippen molar-refractivity contribution in [2.24, 2.45) is 5.92 Å². The Morgan fingerprint density at radius 2 is 1.58 bits per heavy atom. The molecule has 4 N–H and O–H groups in total. The van der Waals surface area contributed by atoms with Gasteiger partial charge in [0.1, 0.15) is 24.2 Å². The summed E-state index contributed by atoms with van der Waals surface area (Å²) < 4.78 is 5.26. The van der Waals surface area contributed by atoms with Crippen LogP contribution < -0.4 is 16.0 Å².